The lowest BCUT2D eigenvalue weighted by molar-refractivity contribution is 0.0492. The normalized spacial score (nSPS) is 19.5. The van der Waals surface area contributed by atoms with Crippen molar-refractivity contribution in [3.63, 3.8) is 0 Å². The zero-order chi connectivity index (χ0) is 35.4. The zero-order valence-electron chi connectivity index (χ0n) is 29.9. The minimum absolute atomic E-state index is 0.0584. The maximum absolute atomic E-state index is 12.5. The van der Waals surface area contributed by atoms with Gasteiger partial charge in [-0.3, -0.25) is 4.68 Å². The van der Waals surface area contributed by atoms with E-state index in [0.717, 1.165) is 70.7 Å². The number of halogens is 1. The molecule has 15 heteroatoms. The number of anilines is 1. The summed E-state index contributed by atoms with van der Waals surface area (Å²) in [7, 11) is -1.26. The van der Waals surface area contributed by atoms with Crippen molar-refractivity contribution >= 4 is 53.7 Å². The molecule has 1 amide bonds. The molecule has 2 aliphatic heterocycles. The van der Waals surface area contributed by atoms with E-state index >= 15 is 0 Å². The summed E-state index contributed by atoms with van der Waals surface area (Å²) in [5.41, 5.74) is 3.46. The van der Waals surface area contributed by atoms with E-state index < -0.39 is 13.7 Å². The Morgan fingerprint density at radius 3 is 2.54 bits per heavy atom. The van der Waals surface area contributed by atoms with Crippen molar-refractivity contribution in [2.75, 3.05) is 11.5 Å². The molecule has 6 heterocycles. The minimum atomic E-state index is -1.26. The largest absolute Gasteiger partial charge is 0.444 e. The fourth-order valence-corrected chi connectivity index (χ4v) is 8.15. The zero-order valence-corrected chi connectivity index (χ0v) is 31.6. The van der Waals surface area contributed by atoms with E-state index in [-0.39, 0.29) is 24.2 Å². The summed E-state index contributed by atoms with van der Waals surface area (Å²) >= 11 is 7.13. The summed E-state index contributed by atoms with van der Waals surface area (Å²) < 4.78 is 20.9. The summed E-state index contributed by atoms with van der Waals surface area (Å²) in [6, 6.07) is 5.59. The lowest BCUT2D eigenvalue weighted by Gasteiger charge is -2.39. The monoisotopic (exact) mass is 719 g/mol. The van der Waals surface area contributed by atoms with Crippen LogP contribution in [0.15, 0.2) is 35.2 Å². The highest BCUT2D eigenvalue weighted by Gasteiger charge is 2.42. The maximum atomic E-state index is 12.5. The van der Waals surface area contributed by atoms with E-state index in [1.165, 1.54) is 0 Å². The summed E-state index contributed by atoms with van der Waals surface area (Å²) in [5.74, 6) is 1.90. The lowest BCUT2D eigenvalue weighted by atomic mass is 9.97. The third kappa shape index (κ3) is 7.37. The van der Waals surface area contributed by atoms with Crippen molar-refractivity contribution in [1.82, 2.24) is 39.8 Å². The topological polar surface area (TPSA) is 138 Å². The number of aryl methyl sites for hydroxylation is 1. The first-order valence-electron chi connectivity index (χ1n) is 17.4. The molecule has 4 aromatic heterocycles. The number of nitrogens with one attached hydrogen (secondary N) is 1. The molecular formula is C35H46ClN9O4Si. The highest BCUT2D eigenvalue weighted by Crippen LogP contribution is 2.41. The Balaban J connectivity index is 1.19. The van der Waals surface area contributed by atoms with Crippen LogP contribution in [0.3, 0.4) is 0 Å². The molecule has 2 bridgehead atoms. The van der Waals surface area contributed by atoms with Gasteiger partial charge in [0.2, 0.25) is 5.89 Å². The van der Waals surface area contributed by atoms with Crippen molar-refractivity contribution in [2.24, 2.45) is 0 Å². The van der Waals surface area contributed by atoms with Gasteiger partial charge in [0.25, 0.3) is 0 Å². The van der Waals surface area contributed by atoms with Crippen LogP contribution in [0.4, 0.5) is 10.6 Å². The number of rotatable bonds is 10. The quantitative estimate of drug-likeness (QED) is 0.117. The molecule has 50 heavy (non-hydrogen) atoms. The number of hydrogen-bond donors (Lipinski definition) is 1. The summed E-state index contributed by atoms with van der Waals surface area (Å²) in [5, 5.41) is 13.1. The van der Waals surface area contributed by atoms with Gasteiger partial charge in [0.05, 0.1) is 16.7 Å². The van der Waals surface area contributed by atoms with Crippen molar-refractivity contribution < 1.29 is 18.8 Å². The van der Waals surface area contributed by atoms with Crippen molar-refractivity contribution in [2.45, 2.75) is 116 Å². The van der Waals surface area contributed by atoms with Crippen LogP contribution < -0.4 is 10.2 Å². The number of fused-ring (bicyclic) bond motifs is 4. The number of nitrogens with zero attached hydrogens (tertiary/aromatic N) is 8. The van der Waals surface area contributed by atoms with Crippen molar-refractivity contribution in [3.8, 4) is 11.1 Å². The van der Waals surface area contributed by atoms with E-state index in [0.29, 0.717) is 36.6 Å². The third-order valence-electron chi connectivity index (χ3n) is 9.33. The number of benzene rings is 1. The molecule has 266 valence electrons. The molecule has 0 saturated carbocycles. The van der Waals surface area contributed by atoms with Crippen molar-refractivity contribution in [3.05, 3.63) is 47.5 Å². The third-order valence-corrected chi connectivity index (χ3v) is 11.4. The molecule has 13 nitrogen and oxygen atoms in total. The predicted octanol–water partition coefficient (Wildman–Crippen LogP) is 7.18. The van der Waals surface area contributed by atoms with Crippen LogP contribution in [0.1, 0.15) is 58.2 Å². The molecule has 2 fully saturated rings. The number of aromatic nitrogens is 7. The Kier molecular flexibility index (Phi) is 9.14. The van der Waals surface area contributed by atoms with Crippen LogP contribution >= 0.6 is 11.6 Å². The standard InChI is InChI=1S/C35H46ClN9O4Si/c1-21-38-30(49-42-21)19-44-18-27-28(41-44)11-10-25(31(27)36)26-17-43(20-47-12-13-50(5,6)7)33-32(26)37-16-29(40-33)45-23-8-9-24(45)15-22(14-23)39-34(46)48-35(2,3)4/h10-11,16-18,22-24H,8-9,12-15,19-20H2,1-7H3,(H,39,46)/t22?,23-,24+. The van der Waals surface area contributed by atoms with Gasteiger partial charge in [-0.25, -0.2) is 14.8 Å². The molecular weight excluding hydrogens is 674 g/mol. The first kappa shape index (κ1) is 34.4. The lowest BCUT2D eigenvalue weighted by Crippen LogP contribution is -2.51. The second kappa shape index (κ2) is 13.3. The van der Waals surface area contributed by atoms with Gasteiger partial charge >= 0.3 is 6.09 Å². The minimum Gasteiger partial charge on any atom is -0.444 e. The summed E-state index contributed by atoms with van der Waals surface area (Å²) in [6.07, 6.45) is 9.21. The Labute approximate surface area is 297 Å². The van der Waals surface area contributed by atoms with E-state index in [2.05, 4.69) is 45.1 Å². The number of carbonyl (C=O) groups is 1. The van der Waals surface area contributed by atoms with Gasteiger partial charge in [0.1, 0.15) is 30.2 Å². The summed E-state index contributed by atoms with van der Waals surface area (Å²) in [6.45, 7) is 15.9. The van der Waals surface area contributed by atoms with Crippen molar-refractivity contribution in [1.29, 1.82) is 0 Å². The molecule has 1 N–H and O–H groups in total. The molecule has 3 atom stereocenters. The molecule has 0 aliphatic carbocycles. The maximum Gasteiger partial charge on any atom is 0.407 e. The number of ether oxygens (including phenoxy) is 2. The van der Waals surface area contributed by atoms with Gasteiger partial charge in [-0.2, -0.15) is 10.1 Å². The van der Waals surface area contributed by atoms with Gasteiger partial charge in [-0.05, 0) is 65.5 Å². The van der Waals surface area contributed by atoms with Gasteiger partial charge in [0, 0.05) is 61.7 Å². The fourth-order valence-electron chi connectivity index (χ4n) is 7.08. The van der Waals surface area contributed by atoms with Gasteiger partial charge in [-0.15, -0.1) is 0 Å². The van der Waals surface area contributed by atoms with Crippen LogP contribution in [0, 0.1) is 6.92 Å². The smallest absolute Gasteiger partial charge is 0.407 e. The van der Waals surface area contributed by atoms with E-state index in [1.54, 1.807) is 11.6 Å². The molecule has 2 saturated heterocycles. The number of hydrogen-bond acceptors (Lipinski definition) is 10. The first-order chi connectivity index (χ1) is 23.7. The second-order valence-electron chi connectivity index (χ2n) is 15.8. The van der Waals surface area contributed by atoms with E-state index in [9.17, 15) is 4.79 Å². The van der Waals surface area contributed by atoms with E-state index in [1.807, 2.05) is 56.1 Å². The number of amides is 1. The number of piperidine rings is 1. The molecule has 5 aromatic rings. The highest BCUT2D eigenvalue weighted by atomic mass is 35.5. The van der Waals surface area contributed by atoms with Crippen LogP contribution in [0.5, 0.6) is 0 Å². The Bertz CT molecular complexity index is 2010. The fraction of sp³-hybridized carbons (Fsp3) is 0.543. The molecule has 0 radical (unpaired) electrons. The predicted molar refractivity (Wildman–Crippen MR) is 195 cm³/mol. The molecule has 7 rings (SSSR count). The Morgan fingerprint density at radius 1 is 1.10 bits per heavy atom. The summed E-state index contributed by atoms with van der Waals surface area (Å²) in [4.78, 5) is 29.5. The SMILES string of the molecule is Cc1noc(Cn2cc3c(Cl)c(-c4cn(COCC[Si](C)(C)C)c5nc(N6[C@@H]7CC[C@H]6CC(NC(=O)OC(C)(C)C)C7)cnc45)ccc3n2)n1. The van der Waals surface area contributed by atoms with Crippen LogP contribution in [0.25, 0.3) is 33.2 Å². The second-order valence-corrected chi connectivity index (χ2v) is 21.8. The molecule has 1 aromatic carbocycles. The molecule has 2 aliphatic rings. The average Bonchev–Trinajstić information content (AvgIpc) is 3.78. The Morgan fingerprint density at radius 2 is 1.86 bits per heavy atom. The van der Waals surface area contributed by atoms with Gasteiger partial charge < -0.3 is 28.8 Å². The van der Waals surface area contributed by atoms with Crippen LogP contribution in [0.2, 0.25) is 30.7 Å². The van der Waals surface area contributed by atoms with Gasteiger partial charge in [0.15, 0.2) is 11.5 Å². The highest BCUT2D eigenvalue weighted by molar-refractivity contribution is 6.76. The first-order valence-corrected chi connectivity index (χ1v) is 21.5. The van der Waals surface area contributed by atoms with E-state index in [4.69, 9.17) is 35.6 Å². The van der Waals surface area contributed by atoms with Crippen LogP contribution in [-0.2, 0) is 22.7 Å². The van der Waals surface area contributed by atoms with Crippen LogP contribution in [-0.4, -0.2) is 79.0 Å². The van der Waals surface area contributed by atoms with Gasteiger partial charge in [-0.1, -0.05) is 42.5 Å². The Hall–Kier alpha value is -4.01. The number of carbonyl (C=O) groups excluding carboxylic acids is 1. The molecule has 0 spiro atoms. The number of alkyl carbamates (subject to hydrolysis) is 1. The average molecular weight is 720 g/mol. The molecule has 1 unspecified atom stereocenters.